The zero-order chi connectivity index (χ0) is 15.2. The van der Waals surface area contributed by atoms with Gasteiger partial charge in [0.25, 0.3) is 5.69 Å². The molecule has 0 aliphatic heterocycles. The fraction of sp³-hybridized carbons (Fsp3) is 0.133. The van der Waals surface area contributed by atoms with Crippen molar-refractivity contribution in [1.82, 2.24) is 0 Å². The Labute approximate surface area is 121 Å². The van der Waals surface area contributed by atoms with E-state index >= 15 is 0 Å². The number of para-hydroxylation sites is 1. The highest BCUT2D eigenvalue weighted by molar-refractivity contribution is 5.98. The Morgan fingerprint density at radius 3 is 2.52 bits per heavy atom. The van der Waals surface area contributed by atoms with Gasteiger partial charge < -0.3 is 9.94 Å². The van der Waals surface area contributed by atoms with Crippen LogP contribution in [0.2, 0.25) is 0 Å². The molecule has 0 fully saturated rings. The molecular weight excluding hydrogens is 272 g/mol. The minimum Gasteiger partial charge on any atom is -0.489 e. The fourth-order valence-electron chi connectivity index (χ4n) is 1.82. The third-order valence-corrected chi connectivity index (χ3v) is 3.00. The van der Waals surface area contributed by atoms with E-state index in [1.54, 1.807) is 49.4 Å². The first-order valence-corrected chi connectivity index (χ1v) is 6.26. The first kappa shape index (κ1) is 14.5. The molecule has 2 aromatic carbocycles. The van der Waals surface area contributed by atoms with Crippen molar-refractivity contribution in [3.05, 3.63) is 69.8 Å². The van der Waals surface area contributed by atoms with Crippen LogP contribution >= 0.6 is 0 Å². The minimum absolute atomic E-state index is 0.0392. The quantitative estimate of drug-likeness (QED) is 0.395. The number of oxime groups is 1. The smallest absolute Gasteiger partial charge is 0.276 e. The average molecular weight is 286 g/mol. The highest BCUT2D eigenvalue weighted by Gasteiger charge is 2.12. The summed E-state index contributed by atoms with van der Waals surface area (Å²) in [6, 6.07) is 13.4. The lowest BCUT2D eigenvalue weighted by Gasteiger charge is -2.07. The molecule has 0 amide bonds. The largest absolute Gasteiger partial charge is 0.489 e. The lowest BCUT2D eigenvalue weighted by molar-refractivity contribution is -0.385. The molecule has 0 aliphatic carbocycles. The molecule has 0 bridgehead atoms. The van der Waals surface area contributed by atoms with Crippen molar-refractivity contribution in [1.29, 1.82) is 0 Å². The van der Waals surface area contributed by atoms with Crippen LogP contribution in [0.5, 0.6) is 5.75 Å². The van der Waals surface area contributed by atoms with Crippen molar-refractivity contribution in [2.75, 3.05) is 0 Å². The summed E-state index contributed by atoms with van der Waals surface area (Å²) in [5.41, 5.74) is 1.83. The van der Waals surface area contributed by atoms with E-state index in [-0.39, 0.29) is 12.3 Å². The highest BCUT2D eigenvalue weighted by Crippen LogP contribution is 2.20. The van der Waals surface area contributed by atoms with E-state index in [4.69, 9.17) is 9.94 Å². The normalized spacial score (nSPS) is 11.2. The molecule has 108 valence electrons. The molecule has 0 spiro atoms. The van der Waals surface area contributed by atoms with E-state index < -0.39 is 4.92 Å². The molecule has 0 saturated heterocycles. The summed E-state index contributed by atoms with van der Waals surface area (Å²) in [6.07, 6.45) is 0. The number of rotatable bonds is 5. The summed E-state index contributed by atoms with van der Waals surface area (Å²) in [4.78, 5) is 10.5. The van der Waals surface area contributed by atoms with Gasteiger partial charge in [-0.05, 0) is 42.8 Å². The molecule has 0 saturated carbocycles. The van der Waals surface area contributed by atoms with E-state index in [1.165, 1.54) is 6.07 Å². The number of hydrogen-bond acceptors (Lipinski definition) is 5. The summed E-state index contributed by atoms with van der Waals surface area (Å²) in [5, 5.41) is 22.7. The molecule has 0 aromatic heterocycles. The van der Waals surface area contributed by atoms with Gasteiger partial charge in [0.1, 0.15) is 12.4 Å². The molecule has 6 heteroatoms. The molecule has 0 radical (unpaired) electrons. The second-order valence-corrected chi connectivity index (χ2v) is 4.38. The summed E-state index contributed by atoms with van der Waals surface area (Å²) in [7, 11) is 0. The van der Waals surface area contributed by atoms with Crippen LogP contribution in [0.4, 0.5) is 5.69 Å². The maximum atomic E-state index is 10.9. The van der Waals surface area contributed by atoms with Crippen LogP contribution in [-0.4, -0.2) is 15.8 Å². The molecule has 2 rings (SSSR count). The second-order valence-electron chi connectivity index (χ2n) is 4.38. The van der Waals surface area contributed by atoms with Crippen molar-refractivity contribution < 1.29 is 14.9 Å². The van der Waals surface area contributed by atoms with Gasteiger partial charge in [-0.2, -0.15) is 0 Å². The Morgan fingerprint density at radius 2 is 1.90 bits per heavy atom. The van der Waals surface area contributed by atoms with Crippen LogP contribution in [0, 0.1) is 10.1 Å². The molecule has 0 unspecified atom stereocenters. The Balaban J connectivity index is 2.09. The zero-order valence-electron chi connectivity index (χ0n) is 11.4. The molecule has 0 atom stereocenters. The van der Waals surface area contributed by atoms with Crippen molar-refractivity contribution in [2.24, 2.45) is 5.16 Å². The van der Waals surface area contributed by atoms with Crippen molar-refractivity contribution in [2.45, 2.75) is 13.5 Å². The Morgan fingerprint density at radius 1 is 1.24 bits per heavy atom. The Kier molecular flexibility index (Phi) is 4.50. The first-order valence-electron chi connectivity index (χ1n) is 6.26. The van der Waals surface area contributed by atoms with Crippen LogP contribution in [0.1, 0.15) is 18.1 Å². The van der Waals surface area contributed by atoms with Gasteiger partial charge in [-0.25, -0.2) is 0 Å². The van der Waals surface area contributed by atoms with Crippen LogP contribution in [-0.2, 0) is 6.61 Å². The van der Waals surface area contributed by atoms with Gasteiger partial charge in [0.05, 0.1) is 16.2 Å². The lowest BCUT2D eigenvalue weighted by atomic mass is 10.1. The third kappa shape index (κ3) is 3.56. The van der Waals surface area contributed by atoms with Gasteiger partial charge in [-0.1, -0.05) is 17.3 Å². The summed E-state index contributed by atoms with van der Waals surface area (Å²) < 4.78 is 5.54. The molecule has 0 heterocycles. The van der Waals surface area contributed by atoms with Gasteiger partial charge in [0, 0.05) is 6.07 Å². The van der Waals surface area contributed by atoms with Gasteiger partial charge in [0.15, 0.2) is 0 Å². The van der Waals surface area contributed by atoms with Crippen molar-refractivity contribution >= 4 is 11.4 Å². The van der Waals surface area contributed by atoms with Gasteiger partial charge in [0.2, 0.25) is 0 Å². The predicted octanol–water partition coefficient (Wildman–Crippen LogP) is 3.37. The maximum Gasteiger partial charge on any atom is 0.276 e. The number of nitro benzene ring substituents is 1. The number of hydrogen-bond donors (Lipinski definition) is 1. The third-order valence-electron chi connectivity index (χ3n) is 3.00. The van der Waals surface area contributed by atoms with Gasteiger partial charge >= 0.3 is 0 Å². The predicted molar refractivity (Wildman–Crippen MR) is 77.9 cm³/mol. The van der Waals surface area contributed by atoms with E-state index in [2.05, 4.69) is 5.16 Å². The van der Waals surface area contributed by atoms with E-state index in [0.29, 0.717) is 17.0 Å². The zero-order valence-corrected chi connectivity index (χ0v) is 11.4. The number of ether oxygens (including phenoxy) is 1. The standard InChI is InChI=1S/C15H14N2O4/c1-11(16-18)12-6-8-14(9-7-12)21-10-13-4-2-3-5-15(13)17(19)20/h2-9,18H,10H2,1H3/b16-11+. The van der Waals surface area contributed by atoms with Crippen LogP contribution < -0.4 is 4.74 Å². The van der Waals surface area contributed by atoms with Crippen molar-refractivity contribution in [3.63, 3.8) is 0 Å². The van der Waals surface area contributed by atoms with Crippen LogP contribution in [0.3, 0.4) is 0 Å². The van der Waals surface area contributed by atoms with Crippen LogP contribution in [0.25, 0.3) is 0 Å². The summed E-state index contributed by atoms with van der Waals surface area (Å²) >= 11 is 0. The lowest BCUT2D eigenvalue weighted by Crippen LogP contribution is -2.01. The summed E-state index contributed by atoms with van der Waals surface area (Å²) in [6.45, 7) is 1.80. The molecule has 2 aromatic rings. The molecule has 1 N–H and O–H groups in total. The Hall–Kier alpha value is -2.89. The molecular formula is C15H14N2O4. The van der Waals surface area contributed by atoms with E-state index in [1.807, 2.05) is 0 Å². The monoisotopic (exact) mass is 286 g/mol. The Bertz CT molecular complexity index is 666. The van der Waals surface area contributed by atoms with Gasteiger partial charge in [-0.15, -0.1) is 0 Å². The SMILES string of the molecule is C/C(=N\O)c1ccc(OCc2ccccc2[N+](=O)[O-])cc1. The van der Waals surface area contributed by atoms with Crippen molar-refractivity contribution in [3.8, 4) is 5.75 Å². The number of nitro groups is 1. The fourth-order valence-corrected chi connectivity index (χ4v) is 1.82. The minimum atomic E-state index is -0.428. The summed E-state index contributed by atoms with van der Waals surface area (Å²) in [5.74, 6) is 0.586. The number of benzene rings is 2. The van der Waals surface area contributed by atoms with Crippen LogP contribution in [0.15, 0.2) is 53.7 Å². The van der Waals surface area contributed by atoms with E-state index in [9.17, 15) is 10.1 Å². The second kappa shape index (κ2) is 6.51. The first-order chi connectivity index (χ1) is 10.1. The molecule has 6 nitrogen and oxygen atoms in total. The number of nitrogens with zero attached hydrogens (tertiary/aromatic N) is 2. The maximum absolute atomic E-state index is 10.9. The van der Waals surface area contributed by atoms with E-state index in [0.717, 1.165) is 5.56 Å². The topological polar surface area (TPSA) is 85.0 Å². The highest BCUT2D eigenvalue weighted by atomic mass is 16.6. The average Bonchev–Trinajstić information content (AvgIpc) is 2.52. The molecule has 21 heavy (non-hydrogen) atoms. The van der Waals surface area contributed by atoms with Gasteiger partial charge in [-0.3, -0.25) is 10.1 Å². The molecule has 0 aliphatic rings.